The second-order valence-electron chi connectivity index (χ2n) is 12.6. The summed E-state index contributed by atoms with van der Waals surface area (Å²) >= 11 is 0. The second kappa shape index (κ2) is 22.7. The lowest BCUT2D eigenvalue weighted by Gasteiger charge is -2.40. The maximum absolute atomic E-state index is 12.5. The molecule has 2 radical (unpaired) electrons. The van der Waals surface area contributed by atoms with Crippen molar-refractivity contribution in [3.8, 4) is 0 Å². The Morgan fingerprint density at radius 2 is 1.44 bits per heavy atom. The first-order valence-corrected chi connectivity index (χ1v) is 19.7. The third-order valence-corrected chi connectivity index (χ3v) is 9.83. The first-order valence-electron chi connectivity index (χ1n) is 16.8. The molecule has 0 spiro atoms. The fourth-order valence-electron chi connectivity index (χ4n) is 5.05. The highest BCUT2D eigenvalue weighted by atomic mass is 31.2. The van der Waals surface area contributed by atoms with Crippen LogP contribution in [0.1, 0.15) is 66.7 Å². The number of aliphatic hydroxyl groups is 3. The molecule has 18 nitrogen and oxygen atoms in total. The number of carbonyl (C=O) groups is 1. The zero-order chi connectivity index (χ0) is 37.5. The van der Waals surface area contributed by atoms with Crippen LogP contribution in [-0.2, 0) is 60.4 Å². The Balaban J connectivity index is 1.63. The van der Waals surface area contributed by atoms with Gasteiger partial charge in [0.25, 0.3) is 0 Å². The Morgan fingerprint density at radius 3 is 2.10 bits per heavy atom. The van der Waals surface area contributed by atoms with Crippen LogP contribution in [0.15, 0.2) is 0 Å². The summed E-state index contributed by atoms with van der Waals surface area (Å²) in [5.74, 6) is -0.394. The van der Waals surface area contributed by atoms with Crippen molar-refractivity contribution in [3.63, 3.8) is 0 Å². The number of hydrogen-bond donors (Lipinski definition) is 5. The summed E-state index contributed by atoms with van der Waals surface area (Å²) < 4.78 is 78.1. The average molecular weight is 765 g/mol. The number of Topliss-reactive ketones (excluding diaryl/α,β-unsaturated/α-hetero) is 1. The molecule has 2 heterocycles. The molecule has 0 bridgehead atoms. The highest BCUT2D eigenvalue weighted by Gasteiger charge is 2.48. The van der Waals surface area contributed by atoms with Crippen molar-refractivity contribution < 1.29 is 85.5 Å². The van der Waals surface area contributed by atoms with Crippen LogP contribution in [0.2, 0.25) is 0 Å². The second-order valence-corrected chi connectivity index (χ2v) is 15.3. The molecule has 11 atom stereocenters. The van der Waals surface area contributed by atoms with E-state index in [1.807, 2.05) is 0 Å². The first kappa shape index (κ1) is 45.8. The number of hydrogen-bond acceptors (Lipinski definition) is 16. The number of phosphoric acid groups is 2. The number of phosphoric ester groups is 2. The summed E-state index contributed by atoms with van der Waals surface area (Å²) in [6, 6.07) is -1.18. The van der Waals surface area contributed by atoms with Gasteiger partial charge >= 0.3 is 15.6 Å². The Kier molecular flexibility index (Phi) is 20.8. The lowest BCUT2D eigenvalue weighted by molar-refractivity contribution is -0.282. The quantitative estimate of drug-likeness (QED) is 0.0361. The van der Waals surface area contributed by atoms with E-state index in [1.54, 1.807) is 6.92 Å². The van der Waals surface area contributed by atoms with Crippen LogP contribution in [0.5, 0.6) is 0 Å². The molecule has 2 rings (SSSR count). The molecule has 8 unspecified atom stereocenters. The molecule has 292 valence electrons. The van der Waals surface area contributed by atoms with Crippen molar-refractivity contribution in [1.82, 2.24) is 0 Å². The van der Waals surface area contributed by atoms with Crippen LogP contribution in [0.4, 0.5) is 0 Å². The van der Waals surface area contributed by atoms with Gasteiger partial charge in [-0.15, -0.1) is 0 Å². The minimum Gasteiger partial charge on any atom is -0.394 e. The minimum atomic E-state index is -4.63. The summed E-state index contributed by atoms with van der Waals surface area (Å²) in [6.07, 6.45) is -6.48. The number of rotatable bonds is 26. The number of carbonyl (C=O) groups excluding carboxylic acids is 1. The number of aliphatic hydroxyl groups excluding tert-OH is 3. The normalized spacial score (nSPS) is 31.2. The Labute approximate surface area is 294 Å². The summed E-state index contributed by atoms with van der Waals surface area (Å²) in [7, 11) is -3.08. The van der Waals surface area contributed by atoms with E-state index in [2.05, 4.69) is 0 Å². The standard InChI is InChI=1S/C29H55BO18P2/c1-18(2)46-49(35,36)43-16-23-26(48-50(37,38)47-19(3)4)27(28(30)44-23)42-17-40-14-13-39-11-8-10-21(32)9-6-7-12-41-29-20(5)24(33)25(34)22(15-31)45-29/h18-20,22-29,31,33-34H,6-17H2,1-5H3,(H,35,36)(H,37,38)/t20?,22?,23-,24?,25?,26?,27+,28-,29?/m1/s1. The van der Waals surface area contributed by atoms with Crippen LogP contribution in [0.3, 0.4) is 0 Å². The molecule has 0 saturated carbocycles. The SMILES string of the molecule is [B][C@@H]1O[C@H](COP(=O)(O)OC(C)C)C(OP(=O)(O)OC(C)C)[C@@H]1OCOCCOCCCC(=O)CCCCOC1OC(CO)C(O)C(O)C1C. The zero-order valence-electron chi connectivity index (χ0n) is 29.4. The van der Waals surface area contributed by atoms with E-state index in [0.717, 1.165) is 0 Å². The van der Waals surface area contributed by atoms with Crippen LogP contribution < -0.4 is 0 Å². The fourth-order valence-corrected chi connectivity index (χ4v) is 7.13. The summed E-state index contributed by atoms with van der Waals surface area (Å²) in [5, 5.41) is 29.3. The summed E-state index contributed by atoms with van der Waals surface area (Å²) in [5.41, 5.74) is 0. The van der Waals surface area contributed by atoms with Gasteiger partial charge in [0.2, 0.25) is 0 Å². The lowest BCUT2D eigenvalue weighted by Crippen LogP contribution is -2.55. The predicted octanol–water partition coefficient (Wildman–Crippen LogP) is 1.32. The van der Waals surface area contributed by atoms with E-state index in [1.165, 1.54) is 27.7 Å². The van der Waals surface area contributed by atoms with Crippen molar-refractivity contribution in [1.29, 1.82) is 0 Å². The number of unbranched alkanes of at least 4 members (excludes halogenated alkanes) is 1. The van der Waals surface area contributed by atoms with E-state index >= 15 is 0 Å². The minimum absolute atomic E-state index is 0.0792. The summed E-state index contributed by atoms with van der Waals surface area (Å²) in [4.78, 5) is 32.3. The molecule has 2 saturated heterocycles. The van der Waals surface area contributed by atoms with E-state index < -0.39 is 95.9 Å². The van der Waals surface area contributed by atoms with Crippen molar-refractivity contribution in [2.45, 2.75) is 128 Å². The van der Waals surface area contributed by atoms with E-state index in [4.69, 9.17) is 54.4 Å². The van der Waals surface area contributed by atoms with Gasteiger partial charge in [-0.3, -0.25) is 22.9 Å². The smallest absolute Gasteiger partial charge is 0.394 e. The van der Waals surface area contributed by atoms with E-state index in [9.17, 15) is 39.0 Å². The maximum Gasteiger partial charge on any atom is 0.472 e. The van der Waals surface area contributed by atoms with Gasteiger partial charge in [-0.1, -0.05) is 6.92 Å². The van der Waals surface area contributed by atoms with Crippen LogP contribution in [0.25, 0.3) is 0 Å². The molecule has 0 aromatic carbocycles. The van der Waals surface area contributed by atoms with Gasteiger partial charge < -0.3 is 53.5 Å². The maximum atomic E-state index is 12.5. The van der Waals surface area contributed by atoms with Gasteiger partial charge in [-0.25, -0.2) is 9.13 Å². The Bertz CT molecular complexity index is 1070. The van der Waals surface area contributed by atoms with Crippen molar-refractivity contribution in [2.24, 2.45) is 5.92 Å². The predicted molar refractivity (Wildman–Crippen MR) is 175 cm³/mol. The molecule has 50 heavy (non-hydrogen) atoms. The van der Waals surface area contributed by atoms with E-state index in [0.29, 0.717) is 45.3 Å². The molecule has 0 aliphatic carbocycles. The highest BCUT2D eigenvalue weighted by Crippen LogP contribution is 2.50. The third kappa shape index (κ3) is 16.7. The number of ketones is 1. The molecular formula is C29H55BO18P2. The molecule has 21 heteroatoms. The lowest BCUT2D eigenvalue weighted by atomic mass is 9.92. The van der Waals surface area contributed by atoms with Gasteiger partial charge in [-0.05, 0) is 47.0 Å². The molecule has 5 N–H and O–H groups in total. The van der Waals surface area contributed by atoms with Crippen molar-refractivity contribution in [3.05, 3.63) is 0 Å². The van der Waals surface area contributed by atoms with Crippen molar-refractivity contribution in [2.75, 3.05) is 46.4 Å². The van der Waals surface area contributed by atoms with Crippen LogP contribution in [-0.4, -0.2) is 146 Å². The highest BCUT2D eigenvalue weighted by molar-refractivity contribution is 7.47. The largest absolute Gasteiger partial charge is 0.472 e. The van der Waals surface area contributed by atoms with Gasteiger partial charge in [0.1, 0.15) is 50.9 Å². The average Bonchev–Trinajstić information content (AvgIpc) is 3.30. The van der Waals surface area contributed by atoms with Crippen LogP contribution in [0, 0.1) is 5.92 Å². The zero-order valence-corrected chi connectivity index (χ0v) is 31.1. The molecule has 2 fully saturated rings. The topological polar surface area (TPSA) is 245 Å². The monoisotopic (exact) mass is 764 g/mol. The molecule has 0 aromatic rings. The fraction of sp³-hybridized carbons (Fsp3) is 0.966. The summed E-state index contributed by atoms with van der Waals surface area (Å²) in [6.45, 7) is 7.41. The Hall–Kier alpha value is -0.405. The molecular weight excluding hydrogens is 709 g/mol. The van der Waals surface area contributed by atoms with Gasteiger partial charge in [0.05, 0.1) is 44.7 Å². The third-order valence-electron chi connectivity index (χ3n) is 7.47. The van der Waals surface area contributed by atoms with Crippen LogP contribution >= 0.6 is 15.6 Å². The molecule has 0 aromatic heterocycles. The van der Waals surface area contributed by atoms with Gasteiger partial charge in [-0.2, -0.15) is 0 Å². The number of ether oxygens (including phenoxy) is 6. The molecule has 2 aliphatic rings. The molecule has 0 amide bonds. The van der Waals surface area contributed by atoms with E-state index in [-0.39, 0.29) is 25.8 Å². The van der Waals surface area contributed by atoms with Gasteiger partial charge in [0, 0.05) is 38.0 Å². The van der Waals surface area contributed by atoms with Crippen molar-refractivity contribution >= 4 is 29.3 Å². The van der Waals surface area contributed by atoms with Gasteiger partial charge in [0.15, 0.2) is 6.29 Å². The Morgan fingerprint density at radius 1 is 0.800 bits per heavy atom. The first-order chi connectivity index (χ1) is 23.5. The molecule has 2 aliphatic heterocycles.